The molecule has 7 nitrogen and oxygen atoms in total. The Hall–Kier alpha value is -3.65. The molecule has 0 fully saturated rings. The van der Waals surface area contributed by atoms with Crippen molar-refractivity contribution in [1.29, 1.82) is 0 Å². The molecular formula is C24H24N2O5S. The van der Waals surface area contributed by atoms with E-state index in [1.165, 1.54) is 7.05 Å². The molecule has 1 atom stereocenters. The molecule has 0 unspecified atom stereocenters. The van der Waals surface area contributed by atoms with E-state index in [2.05, 4.69) is 5.32 Å². The van der Waals surface area contributed by atoms with Gasteiger partial charge in [-0.3, -0.25) is 13.9 Å². The molecule has 0 bridgehead atoms. The van der Waals surface area contributed by atoms with Crippen LogP contribution < -0.4 is 14.4 Å². The smallest absolute Gasteiger partial charge is 0.265 e. The van der Waals surface area contributed by atoms with E-state index in [0.717, 1.165) is 10.6 Å². The number of hydrogen-bond donors (Lipinski definition) is 1. The lowest BCUT2D eigenvalue weighted by atomic mass is 10.0. The fraction of sp³-hybridized carbons (Fsp3) is 0.167. The molecule has 0 aromatic heterocycles. The molecule has 3 rings (SSSR count). The average molecular weight is 453 g/mol. The predicted molar refractivity (Wildman–Crippen MR) is 125 cm³/mol. The van der Waals surface area contributed by atoms with Gasteiger partial charge in [0.05, 0.1) is 17.6 Å². The number of nitrogens with one attached hydrogen (secondary N) is 1. The maximum Gasteiger partial charge on any atom is 0.265 e. The van der Waals surface area contributed by atoms with E-state index in [-0.39, 0.29) is 5.78 Å². The maximum absolute atomic E-state index is 12.8. The van der Waals surface area contributed by atoms with Crippen LogP contribution in [0.3, 0.4) is 0 Å². The molecule has 0 saturated carbocycles. The highest BCUT2D eigenvalue weighted by molar-refractivity contribution is 7.92. The van der Waals surface area contributed by atoms with Crippen molar-refractivity contribution in [2.45, 2.75) is 13.0 Å². The molecule has 3 aromatic carbocycles. The van der Waals surface area contributed by atoms with E-state index in [1.54, 1.807) is 79.7 Å². The Morgan fingerprint density at radius 1 is 0.906 bits per heavy atom. The van der Waals surface area contributed by atoms with Gasteiger partial charge in [0.25, 0.3) is 5.91 Å². The highest BCUT2D eigenvalue weighted by Gasteiger charge is 2.19. The van der Waals surface area contributed by atoms with E-state index < -0.39 is 22.0 Å². The summed E-state index contributed by atoms with van der Waals surface area (Å²) in [5.41, 5.74) is 1.78. The number of benzene rings is 3. The molecule has 1 N–H and O–H groups in total. The van der Waals surface area contributed by atoms with E-state index in [1.807, 2.05) is 6.07 Å². The van der Waals surface area contributed by atoms with Crippen LogP contribution in [0.2, 0.25) is 0 Å². The minimum Gasteiger partial charge on any atom is -0.481 e. The van der Waals surface area contributed by atoms with Gasteiger partial charge in [-0.25, -0.2) is 8.42 Å². The minimum atomic E-state index is -3.37. The Labute approximate surface area is 187 Å². The van der Waals surface area contributed by atoms with Crippen LogP contribution in [-0.2, 0) is 14.8 Å². The topological polar surface area (TPSA) is 92.8 Å². The molecule has 0 aliphatic rings. The van der Waals surface area contributed by atoms with Crippen molar-refractivity contribution >= 4 is 33.1 Å². The van der Waals surface area contributed by atoms with Gasteiger partial charge in [-0.2, -0.15) is 0 Å². The number of hydrogen-bond acceptors (Lipinski definition) is 5. The first-order valence-electron chi connectivity index (χ1n) is 9.87. The lowest BCUT2D eigenvalue weighted by Crippen LogP contribution is -2.30. The monoisotopic (exact) mass is 452 g/mol. The summed E-state index contributed by atoms with van der Waals surface area (Å²) in [5, 5.41) is 2.76. The average Bonchev–Trinajstić information content (AvgIpc) is 2.79. The first kappa shape index (κ1) is 23.0. The number of nitrogens with zero attached hydrogens (tertiary/aromatic N) is 1. The Morgan fingerprint density at radius 2 is 1.50 bits per heavy atom. The highest BCUT2D eigenvalue weighted by Crippen LogP contribution is 2.22. The zero-order chi connectivity index (χ0) is 23.3. The summed E-state index contributed by atoms with van der Waals surface area (Å²) >= 11 is 0. The van der Waals surface area contributed by atoms with Crippen LogP contribution in [-0.4, -0.2) is 39.5 Å². The van der Waals surface area contributed by atoms with Gasteiger partial charge in [-0.1, -0.05) is 42.5 Å². The van der Waals surface area contributed by atoms with E-state index >= 15 is 0 Å². The summed E-state index contributed by atoms with van der Waals surface area (Å²) in [4.78, 5) is 25.5. The lowest BCUT2D eigenvalue weighted by Gasteiger charge is -2.18. The molecule has 0 spiro atoms. The van der Waals surface area contributed by atoms with Crippen LogP contribution >= 0.6 is 0 Å². The van der Waals surface area contributed by atoms with Crippen LogP contribution in [0, 0.1) is 0 Å². The first-order valence-corrected chi connectivity index (χ1v) is 11.7. The molecule has 0 aliphatic carbocycles. The van der Waals surface area contributed by atoms with Crippen molar-refractivity contribution < 1.29 is 22.7 Å². The summed E-state index contributed by atoms with van der Waals surface area (Å²) in [6.45, 7) is 1.59. The van der Waals surface area contributed by atoms with Crippen LogP contribution in [0.1, 0.15) is 22.8 Å². The molecule has 0 saturated heterocycles. The van der Waals surface area contributed by atoms with Crippen LogP contribution in [0.25, 0.3) is 0 Å². The van der Waals surface area contributed by atoms with Gasteiger partial charge >= 0.3 is 0 Å². The Kier molecular flexibility index (Phi) is 6.95. The second kappa shape index (κ2) is 9.65. The van der Waals surface area contributed by atoms with Gasteiger partial charge in [-0.15, -0.1) is 0 Å². The third kappa shape index (κ3) is 5.53. The van der Waals surface area contributed by atoms with Crippen molar-refractivity contribution in [3.63, 3.8) is 0 Å². The molecular weight excluding hydrogens is 428 g/mol. The van der Waals surface area contributed by atoms with Crippen molar-refractivity contribution in [3.8, 4) is 5.75 Å². The molecule has 0 heterocycles. The minimum absolute atomic E-state index is 0.194. The van der Waals surface area contributed by atoms with E-state index in [4.69, 9.17) is 4.74 Å². The number of carbonyl (C=O) groups excluding carboxylic acids is 2. The SMILES string of the molecule is C[C@@H](Oc1ccc(N(C)S(C)(=O)=O)cc1)C(=O)Nc1ccccc1C(=O)c1ccccc1. The van der Waals surface area contributed by atoms with E-state index in [9.17, 15) is 18.0 Å². The predicted octanol–water partition coefficient (Wildman–Crippen LogP) is 3.72. The fourth-order valence-corrected chi connectivity index (χ4v) is 3.46. The molecule has 8 heteroatoms. The second-order valence-electron chi connectivity index (χ2n) is 7.21. The number of carbonyl (C=O) groups is 2. The third-order valence-electron chi connectivity index (χ3n) is 4.85. The lowest BCUT2D eigenvalue weighted by molar-refractivity contribution is -0.122. The van der Waals surface area contributed by atoms with Gasteiger partial charge in [0.15, 0.2) is 11.9 Å². The number of rotatable bonds is 8. The molecule has 1 amide bonds. The van der Waals surface area contributed by atoms with Gasteiger partial charge in [0.1, 0.15) is 5.75 Å². The Morgan fingerprint density at radius 3 is 2.12 bits per heavy atom. The van der Waals surface area contributed by atoms with Crippen LogP contribution in [0.4, 0.5) is 11.4 Å². The molecule has 32 heavy (non-hydrogen) atoms. The quantitative estimate of drug-likeness (QED) is 0.526. The van der Waals surface area contributed by atoms with E-state index in [0.29, 0.717) is 28.3 Å². The van der Waals surface area contributed by atoms with Crippen molar-refractivity contribution in [1.82, 2.24) is 0 Å². The number of ether oxygens (including phenoxy) is 1. The second-order valence-corrected chi connectivity index (χ2v) is 9.23. The van der Waals surface area contributed by atoms with Gasteiger partial charge in [0.2, 0.25) is 10.0 Å². The van der Waals surface area contributed by atoms with Gasteiger partial charge in [0, 0.05) is 18.2 Å². The number of para-hydroxylation sites is 1. The normalized spacial score (nSPS) is 12.0. The zero-order valence-electron chi connectivity index (χ0n) is 18.0. The maximum atomic E-state index is 12.8. The summed E-state index contributed by atoms with van der Waals surface area (Å²) in [7, 11) is -1.92. The summed E-state index contributed by atoms with van der Waals surface area (Å²) < 4.78 is 30.1. The third-order valence-corrected chi connectivity index (χ3v) is 6.05. The zero-order valence-corrected chi connectivity index (χ0v) is 18.8. The fourth-order valence-electron chi connectivity index (χ4n) is 2.95. The Balaban J connectivity index is 1.70. The summed E-state index contributed by atoms with van der Waals surface area (Å²) in [6, 6.07) is 22.0. The van der Waals surface area contributed by atoms with Gasteiger partial charge < -0.3 is 10.1 Å². The first-order chi connectivity index (χ1) is 15.2. The number of anilines is 2. The summed E-state index contributed by atoms with van der Waals surface area (Å²) in [5.74, 6) is -0.205. The highest BCUT2D eigenvalue weighted by atomic mass is 32.2. The van der Waals surface area contributed by atoms with Crippen molar-refractivity contribution in [3.05, 3.63) is 90.0 Å². The number of sulfonamides is 1. The number of amides is 1. The van der Waals surface area contributed by atoms with Gasteiger partial charge in [-0.05, 0) is 43.3 Å². The molecule has 3 aromatic rings. The van der Waals surface area contributed by atoms with Crippen molar-refractivity contribution in [2.24, 2.45) is 0 Å². The molecule has 0 radical (unpaired) electrons. The van der Waals surface area contributed by atoms with Crippen LogP contribution in [0.5, 0.6) is 5.75 Å². The summed E-state index contributed by atoms with van der Waals surface area (Å²) in [6.07, 6.45) is 0.262. The largest absolute Gasteiger partial charge is 0.481 e. The van der Waals surface area contributed by atoms with Crippen LogP contribution in [0.15, 0.2) is 78.9 Å². The molecule has 0 aliphatic heterocycles. The Bertz CT molecular complexity index is 1210. The number of ketones is 1. The van der Waals surface area contributed by atoms with Crippen molar-refractivity contribution in [2.75, 3.05) is 22.9 Å². The molecule has 166 valence electrons. The standard InChI is InChI=1S/C24H24N2O5S/c1-17(31-20-15-13-19(14-16-20)26(2)32(3,29)30)24(28)25-22-12-8-7-11-21(22)23(27)18-9-5-4-6-10-18/h4-17H,1-3H3,(H,25,28)/t17-/m1/s1.